The molecule has 106 valence electrons. The van der Waals surface area contributed by atoms with Gasteiger partial charge in [-0.15, -0.1) is 0 Å². The molecule has 1 aromatic rings. The van der Waals surface area contributed by atoms with Crippen LogP contribution < -0.4 is 10.6 Å². The number of rotatable bonds is 5. The van der Waals surface area contributed by atoms with Crippen LogP contribution in [-0.2, 0) is 0 Å². The monoisotopic (exact) mass is 262 g/mol. The highest BCUT2D eigenvalue weighted by Gasteiger charge is 2.40. The molecule has 2 rings (SSSR count). The summed E-state index contributed by atoms with van der Waals surface area (Å²) in [5.74, 6) is 1.02. The van der Waals surface area contributed by atoms with Gasteiger partial charge in [-0.25, -0.2) is 4.98 Å². The fourth-order valence-electron chi connectivity index (χ4n) is 2.78. The maximum absolute atomic E-state index is 5.94. The van der Waals surface area contributed by atoms with E-state index >= 15 is 0 Å². The maximum atomic E-state index is 5.94. The highest BCUT2D eigenvalue weighted by molar-refractivity contribution is 5.41. The molecule has 1 fully saturated rings. The molecule has 0 spiro atoms. The van der Waals surface area contributed by atoms with E-state index in [1.165, 1.54) is 19.3 Å². The lowest BCUT2D eigenvalue weighted by molar-refractivity contribution is 0.0682. The van der Waals surface area contributed by atoms with Crippen molar-refractivity contribution >= 4 is 5.82 Å². The van der Waals surface area contributed by atoms with Gasteiger partial charge < -0.3 is 15.5 Å². The second-order valence-electron chi connectivity index (χ2n) is 6.06. The Morgan fingerprint density at radius 1 is 1.37 bits per heavy atom. The van der Waals surface area contributed by atoms with E-state index in [0.29, 0.717) is 5.54 Å². The highest BCUT2D eigenvalue weighted by Crippen LogP contribution is 2.37. The van der Waals surface area contributed by atoms with Crippen LogP contribution in [0.1, 0.15) is 37.8 Å². The van der Waals surface area contributed by atoms with Crippen LogP contribution in [-0.4, -0.2) is 43.1 Å². The van der Waals surface area contributed by atoms with Crippen LogP contribution in [0.15, 0.2) is 18.3 Å². The lowest BCUT2D eigenvalue weighted by Crippen LogP contribution is -2.56. The van der Waals surface area contributed by atoms with Gasteiger partial charge in [0.05, 0.1) is 0 Å². The first kappa shape index (κ1) is 14.3. The van der Waals surface area contributed by atoms with Crippen LogP contribution in [0.25, 0.3) is 0 Å². The van der Waals surface area contributed by atoms with E-state index in [9.17, 15) is 0 Å². The van der Waals surface area contributed by atoms with Crippen molar-refractivity contribution in [3.63, 3.8) is 0 Å². The van der Waals surface area contributed by atoms with Crippen LogP contribution in [0, 0.1) is 0 Å². The Kier molecular flexibility index (Phi) is 4.11. The van der Waals surface area contributed by atoms with Crippen molar-refractivity contribution in [3.8, 4) is 0 Å². The number of nitrogens with two attached hydrogens (primary N) is 1. The molecule has 1 aliphatic carbocycles. The number of hydrogen-bond acceptors (Lipinski definition) is 4. The highest BCUT2D eigenvalue weighted by atomic mass is 15.2. The van der Waals surface area contributed by atoms with Crippen molar-refractivity contribution in [2.75, 3.05) is 32.6 Å². The van der Waals surface area contributed by atoms with Crippen molar-refractivity contribution in [1.82, 2.24) is 9.88 Å². The molecule has 0 saturated heterocycles. The first-order valence-corrected chi connectivity index (χ1v) is 7.05. The Hall–Kier alpha value is -1.13. The third kappa shape index (κ3) is 2.90. The maximum Gasteiger partial charge on any atom is 0.128 e. The average molecular weight is 262 g/mol. The Balaban J connectivity index is 2.11. The lowest BCUT2D eigenvalue weighted by atomic mass is 9.75. The van der Waals surface area contributed by atoms with Gasteiger partial charge in [0.25, 0.3) is 0 Å². The number of pyridine rings is 1. The normalized spacial score (nSPS) is 19.1. The molecule has 0 unspecified atom stereocenters. The zero-order valence-corrected chi connectivity index (χ0v) is 12.6. The second kappa shape index (κ2) is 5.47. The third-order valence-corrected chi connectivity index (χ3v) is 4.45. The molecule has 1 atom stereocenters. The van der Waals surface area contributed by atoms with Crippen molar-refractivity contribution in [2.45, 2.75) is 37.8 Å². The Morgan fingerprint density at radius 2 is 2.05 bits per heavy atom. The molecule has 4 heteroatoms. The van der Waals surface area contributed by atoms with Crippen molar-refractivity contribution in [3.05, 3.63) is 23.9 Å². The van der Waals surface area contributed by atoms with Gasteiger partial charge in [0.1, 0.15) is 5.82 Å². The standard InChI is InChI=1S/C15H26N4/c1-12(16)13-6-9-17-14(10-13)19(4)11-15(18(2)3)7-5-8-15/h6,9-10,12H,5,7-8,11,16H2,1-4H3/t12-/m0/s1. The van der Waals surface area contributed by atoms with E-state index in [1.54, 1.807) is 0 Å². The van der Waals surface area contributed by atoms with Crippen LogP contribution in [0.4, 0.5) is 5.82 Å². The number of likely N-dealkylation sites (N-methyl/N-ethyl adjacent to an activating group) is 2. The van der Waals surface area contributed by atoms with Crippen molar-refractivity contribution in [1.29, 1.82) is 0 Å². The lowest BCUT2D eigenvalue weighted by Gasteiger charge is -2.49. The minimum Gasteiger partial charge on any atom is -0.358 e. The second-order valence-corrected chi connectivity index (χ2v) is 6.06. The minimum absolute atomic E-state index is 0.0571. The zero-order chi connectivity index (χ0) is 14.0. The van der Waals surface area contributed by atoms with E-state index in [1.807, 2.05) is 19.2 Å². The fourth-order valence-corrected chi connectivity index (χ4v) is 2.78. The number of anilines is 1. The quantitative estimate of drug-likeness (QED) is 0.882. The van der Waals surface area contributed by atoms with Gasteiger partial charge >= 0.3 is 0 Å². The largest absolute Gasteiger partial charge is 0.358 e. The number of aromatic nitrogens is 1. The Morgan fingerprint density at radius 3 is 2.53 bits per heavy atom. The zero-order valence-electron chi connectivity index (χ0n) is 12.6. The van der Waals surface area contributed by atoms with E-state index in [0.717, 1.165) is 17.9 Å². The molecule has 1 heterocycles. The molecule has 4 nitrogen and oxygen atoms in total. The molecule has 19 heavy (non-hydrogen) atoms. The van der Waals surface area contributed by atoms with Crippen LogP contribution in [0.3, 0.4) is 0 Å². The number of hydrogen-bond donors (Lipinski definition) is 1. The van der Waals surface area contributed by atoms with Gasteiger partial charge in [-0.2, -0.15) is 0 Å². The minimum atomic E-state index is 0.0571. The first-order chi connectivity index (χ1) is 8.94. The summed E-state index contributed by atoms with van der Waals surface area (Å²) in [7, 11) is 6.48. The molecule has 1 aliphatic rings. The van der Waals surface area contributed by atoms with E-state index in [4.69, 9.17) is 5.73 Å². The van der Waals surface area contributed by atoms with Gasteiger partial charge in [-0.05, 0) is 58.0 Å². The van der Waals surface area contributed by atoms with Gasteiger partial charge in [0.2, 0.25) is 0 Å². The molecule has 2 N–H and O–H groups in total. The molecule has 0 amide bonds. The molecular weight excluding hydrogens is 236 g/mol. The first-order valence-electron chi connectivity index (χ1n) is 7.05. The topological polar surface area (TPSA) is 45.4 Å². The summed E-state index contributed by atoms with van der Waals surface area (Å²) < 4.78 is 0. The van der Waals surface area contributed by atoms with Gasteiger partial charge in [-0.3, -0.25) is 0 Å². The summed E-state index contributed by atoms with van der Waals surface area (Å²) in [5.41, 5.74) is 7.40. The molecule has 0 bridgehead atoms. The smallest absolute Gasteiger partial charge is 0.128 e. The van der Waals surface area contributed by atoms with Gasteiger partial charge in [-0.1, -0.05) is 0 Å². The third-order valence-electron chi connectivity index (χ3n) is 4.45. The van der Waals surface area contributed by atoms with Crippen LogP contribution in [0.5, 0.6) is 0 Å². The summed E-state index contributed by atoms with van der Waals surface area (Å²) in [6, 6.07) is 4.15. The van der Waals surface area contributed by atoms with E-state index in [2.05, 4.69) is 42.0 Å². The van der Waals surface area contributed by atoms with Crippen molar-refractivity contribution < 1.29 is 0 Å². The van der Waals surface area contributed by atoms with E-state index < -0.39 is 0 Å². The molecular formula is C15H26N4. The average Bonchev–Trinajstić information content (AvgIpc) is 2.33. The molecule has 0 aliphatic heterocycles. The summed E-state index contributed by atoms with van der Waals surface area (Å²) in [6.45, 7) is 3.03. The SMILES string of the molecule is C[C@H](N)c1ccnc(N(C)CC2(N(C)C)CCC2)c1. The fraction of sp³-hybridized carbons (Fsp3) is 0.667. The van der Waals surface area contributed by atoms with Crippen LogP contribution in [0.2, 0.25) is 0 Å². The van der Waals surface area contributed by atoms with Gasteiger partial charge in [0.15, 0.2) is 0 Å². The molecule has 1 saturated carbocycles. The van der Waals surface area contributed by atoms with Crippen molar-refractivity contribution in [2.24, 2.45) is 5.73 Å². The predicted molar refractivity (Wildman–Crippen MR) is 80.4 cm³/mol. The van der Waals surface area contributed by atoms with E-state index in [-0.39, 0.29) is 6.04 Å². The summed E-state index contributed by atoms with van der Waals surface area (Å²) in [6.07, 6.45) is 5.74. The predicted octanol–water partition coefficient (Wildman–Crippen LogP) is 2.02. The molecule has 1 aromatic heterocycles. The molecule has 0 radical (unpaired) electrons. The van der Waals surface area contributed by atoms with Crippen LogP contribution >= 0.6 is 0 Å². The number of nitrogens with zero attached hydrogens (tertiary/aromatic N) is 3. The summed E-state index contributed by atoms with van der Waals surface area (Å²) in [5, 5.41) is 0. The molecule has 0 aromatic carbocycles. The Labute approximate surface area is 116 Å². The summed E-state index contributed by atoms with van der Waals surface area (Å²) >= 11 is 0. The summed E-state index contributed by atoms with van der Waals surface area (Å²) in [4.78, 5) is 9.09. The van der Waals surface area contributed by atoms with Gasteiger partial charge in [0, 0.05) is 31.4 Å². The Bertz CT molecular complexity index is 424.